The zero-order valence-electron chi connectivity index (χ0n) is 11.3. The number of fused-ring (bicyclic) bond motifs is 1. The molecule has 2 aromatic rings. The average Bonchev–Trinajstić information content (AvgIpc) is 2.69. The van der Waals surface area contributed by atoms with E-state index in [9.17, 15) is 0 Å². The molecule has 0 saturated carbocycles. The van der Waals surface area contributed by atoms with E-state index in [0.717, 1.165) is 24.9 Å². The first-order valence-electron chi connectivity index (χ1n) is 7.09. The van der Waals surface area contributed by atoms with Gasteiger partial charge in [-0.2, -0.15) is 0 Å². The molecule has 1 heterocycles. The van der Waals surface area contributed by atoms with E-state index in [-0.39, 0.29) is 0 Å². The highest BCUT2D eigenvalue weighted by Gasteiger charge is 2.18. The molecule has 1 unspecified atom stereocenters. The fraction of sp³-hybridized carbons (Fsp3) is 0.278. The Morgan fingerprint density at radius 1 is 1.11 bits per heavy atom. The predicted octanol–water partition coefficient (Wildman–Crippen LogP) is 4.88. The molecule has 2 aromatic carbocycles. The standard InChI is InChI=1S/C18H19N/c1-2-14-7-5-8-15(13-14)16-10-6-12-19-18-11-4-3-9-17(16)18/h3-5,7-9,11-13,16H,2,6,10H2,1H3. The van der Waals surface area contributed by atoms with Crippen molar-refractivity contribution in [2.45, 2.75) is 32.1 Å². The monoisotopic (exact) mass is 249 g/mol. The minimum absolute atomic E-state index is 0.477. The summed E-state index contributed by atoms with van der Waals surface area (Å²) in [6.07, 6.45) is 5.35. The number of para-hydroxylation sites is 1. The minimum atomic E-state index is 0.477. The van der Waals surface area contributed by atoms with Gasteiger partial charge in [-0.25, -0.2) is 0 Å². The number of hydrogen-bond donors (Lipinski definition) is 0. The fourth-order valence-electron chi connectivity index (χ4n) is 2.84. The van der Waals surface area contributed by atoms with Crippen LogP contribution in [0.4, 0.5) is 5.69 Å². The maximum absolute atomic E-state index is 4.58. The van der Waals surface area contributed by atoms with E-state index < -0.39 is 0 Å². The van der Waals surface area contributed by atoms with Gasteiger partial charge in [0, 0.05) is 12.1 Å². The van der Waals surface area contributed by atoms with Crippen LogP contribution in [-0.2, 0) is 6.42 Å². The number of aliphatic imine (C=N–C) groups is 1. The van der Waals surface area contributed by atoms with Gasteiger partial charge in [-0.15, -0.1) is 0 Å². The second kappa shape index (κ2) is 5.40. The lowest BCUT2D eigenvalue weighted by Gasteiger charge is -2.18. The average molecular weight is 249 g/mol. The number of aryl methyl sites for hydroxylation is 1. The first kappa shape index (κ1) is 12.2. The van der Waals surface area contributed by atoms with Crippen molar-refractivity contribution in [1.29, 1.82) is 0 Å². The smallest absolute Gasteiger partial charge is 0.0663 e. The Morgan fingerprint density at radius 3 is 2.89 bits per heavy atom. The van der Waals surface area contributed by atoms with Gasteiger partial charge in [0.2, 0.25) is 0 Å². The molecule has 0 amide bonds. The molecule has 1 aliphatic rings. The van der Waals surface area contributed by atoms with Crippen molar-refractivity contribution in [2.24, 2.45) is 4.99 Å². The first-order valence-corrected chi connectivity index (χ1v) is 7.09. The summed E-state index contributed by atoms with van der Waals surface area (Å²) in [6.45, 7) is 2.21. The summed E-state index contributed by atoms with van der Waals surface area (Å²) in [5.41, 5.74) is 5.34. The number of benzene rings is 2. The quantitative estimate of drug-likeness (QED) is 0.719. The molecule has 1 heteroatoms. The van der Waals surface area contributed by atoms with Gasteiger partial charge in [0.15, 0.2) is 0 Å². The fourth-order valence-corrected chi connectivity index (χ4v) is 2.84. The molecule has 0 N–H and O–H groups in total. The van der Waals surface area contributed by atoms with E-state index >= 15 is 0 Å². The number of rotatable bonds is 2. The van der Waals surface area contributed by atoms with Crippen molar-refractivity contribution in [3.8, 4) is 0 Å². The van der Waals surface area contributed by atoms with Crippen molar-refractivity contribution in [3.63, 3.8) is 0 Å². The summed E-state index contributed by atoms with van der Waals surface area (Å²) in [6, 6.07) is 17.5. The molecule has 19 heavy (non-hydrogen) atoms. The summed E-state index contributed by atoms with van der Waals surface area (Å²) >= 11 is 0. The summed E-state index contributed by atoms with van der Waals surface area (Å²) in [4.78, 5) is 4.58. The molecule has 0 saturated heterocycles. The topological polar surface area (TPSA) is 12.4 Å². The Kier molecular flexibility index (Phi) is 3.45. The lowest BCUT2D eigenvalue weighted by atomic mass is 9.86. The van der Waals surface area contributed by atoms with Crippen molar-refractivity contribution < 1.29 is 0 Å². The maximum Gasteiger partial charge on any atom is 0.0663 e. The number of hydrogen-bond acceptors (Lipinski definition) is 1. The molecule has 0 radical (unpaired) electrons. The van der Waals surface area contributed by atoms with Gasteiger partial charge in [-0.05, 0) is 42.0 Å². The van der Waals surface area contributed by atoms with Crippen LogP contribution in [0.25, 0.3) is 0 Å². The van der Waals surface area contributed by atoms with Crippen LogP contribution < -0.4 is 0 Å². The highest BCUT2D eigenvalue weighted by molar-refractivity contribution is 5.67. The van der Waals surface area contributed by atoms with Crippen molar-refractivity contribution >= 4 is 11.9 Å². The Hall–Kier alpha value is -1.89. The lowest BCUT2D eigenvalue weighted by Crippen LogP contribution is -2.01. The van der Waals surface area contributed by atoms with E-state index in [4.69, 9.17) is 0 Å². The van der Waals surface area contributed by atoms with Crippen molar-refractivity contribution in [3.05, 3.63) is 65.2 Å². The zero-order valence-corrected chi connectivity index (χ0v) is 11.3. The third-order valence-corrected chi connectivity index (χ3v) is 3.89. The summed E-state index contributed by atoms with van der Waals surface area (Å²) in [5, 5.41) is 0. The van der Waals surface area contributed by atoms with Crippen LogP contribution in [0.15, 0.2) is 53.5 Å². The van der Waals surface area contributed by atoms with E-state index in [1.807, 2.05) is 0 Å². The molecule has 3 rings (SSSR count). The van der Waals surface area contributed by atoms with Gasteiger partial charge in [0.25, 0.3) is 0 Å². The molecule has 96 valence electrons. The lowest BCUT2D eigenvalue weighted by molar-refractivity contribution is 0.754. The Balaban J connectivity index is 2.05. The van der Waals surface area contributed by atoms with Gasteiger partial charge in [-0.3, -0.25) is 4.99 Å². The van der Waals surface area contributed by atoms with Crippen LogP contribution >= 0.6 is 0 Å². The molecule has 0 bridgehead atoms. The number of nitrogens with zero attached hydrogens (tertiary/aromatic N) is 1. The molecule has 0 spiro atoms. The molecular formula is C18H19N. The SMILES string of the molecule is CCc1cccc(C2CCC=Nc3ccccc32)c1. The van der Waals surface area contributed by atoms with Crippen LogP contribution in [-0.4, -0.2) is 6.21 Å². The van der Waals surface area contributed by atoms with E-state index in [1.165, 1.54) is 16.7 Å². The van der Waals surface area contributed by atoms with Gasteiger partial charge < -0.3 is 0 Å². The second-order valence-electron chi connectivity index (χ2n) is 5.10. The normalized spacial score (nSPS) is 17.8. The van der Waals surface area contributed by atoms with E-state index in [0.29, 0.717) is 5.92 Å². The second-order valence-corrected chi connectivity index (χ2v) is 5.10. The molecule has 1 atom stereocenters. The molecule has 1 nitrogen and oxygen atoms in total. The van der Waals surface area contributed by atoms with Gasteiger partial charge in [0.05, 0.1) is 5.69 Å². The first-order chi connectivity index (χ1) is 9.38. The Bertz CT molecular complexity index is 598. The molecule has 0 fully saturated rings. The van der Waals surface area contributed by atoms with Gasteiger partial charge >= 0.3 is 0 Å². The third kappa shape index (κ3) is 2.46. The van der Waals surface area contributed by atoms with Crippen LogP contribution in [0.5, 0.6) is 0 Å². The highest BCUT2D eigenvalue weighted by Crippen LogP contribution is 2.37. The van der Waals surface area contributed by atoms with E-state index in [1.54, 1.807) is 0 Å². The largest absolute Gasteiger partial charge is 0.261 e. The molecule has 1 aliphatic heterocycles. The van der Waals surface area contributed by atoms with Crippen LogP contribution in [0, 0.1) is 0 Å². The zero-order chi connectivity index (χ0) is 13.1. The van der Waals surface area contributed by atoms with Crippen LogP contribution in [0.1, 0.15) is 42.4 Å². The minimum Gasteiger partial charge on any atom is -0.261 e. The Labute approximate surface area is 115 Å². The summed E-state index contributed by atoms with van der Waals surface area (Å²) in [5.74, 6) is 0.477. The summed E-state index contributed by atoms with van der Waals surface area (Å²) < 4.78 is 0. The van der Waals surface area contributed by atoms with Crippen molar-refractivity contribution in [2.75, 3.05) is 0 Å². The van der Waals surface area contributed by atoms with Crippen LogP contribution in [0.3, 0.4) is 0 Å². The maximum atomic E-state index is 4.58. The summed E-state index contributed by atoms with van der Waals surface area (Å²) in [7, 11) is 0. The Morgan fingerprint density at radius 2 is 2.00 bits per heavy atom. The van der Waals surface area contributed by atoms with Gasteiger partial charge in [-0.1, -0.05) is 49.4 Å². The molecular weight excluding hydrogens is 230 g/mol. The molecule has 0 aromatic heterocycles. The van der Waals surface area contributed by atoms with Crippen molar-refractivity contribution in [1.82, 2.24) is 0 Å². The highest BCUT2D eigenvalue weighted by atomic mass is 14.7. The van der Waals surface area contributed by atoms with E-state index in [2.05, 4.69) is 66.7 Å². The predicted molar refractivity (Wildman–Crippen MR) is 81.5 cm³/mol. The third-order valence-electron chi connectivity index (χ3n) is 3.89. The van der Waals surface area contributed by atoms with Crippen LogP contribution in [0.2, 0.25) is 0 Å². The van der Waals surface area contributed by atoms with Gasteiger partial charge in [0.1, 0.15) is 0 Å². The molecule has 0 aliphatic carbocycles.